The number of pyridine rings is 1. The van der Waals surface area contributed by atoms with Crippen LogP contribution < -0.4 is 21.7 Å². The summed E-state index contributed by atoms with van der Waals surface area (Å²) in [7, 11) is 0. The zero-order valence-corrected chi connectivity index (χ0v) is 18.0. The quantitative estimate of drug-likeness (QED) is 0.318. The van der Waals surface area contributed by atoms with Crippen molar-refractivity contribution in [3.63, 3.8) is 0 Å². The summed E-state index contributed by atoms with van der Waals surface area (Å²) in [5.41, 5.74) is 6.18. The second-order valence-electron chi connectivity index (χ2n) is 8.12. The van der Waals surface area contributed by atoms with Gasteiger partial charge in [0.15, 0.2) is 0 Å². The Balaban J connectivity index is 1.96. The van der Waals surface area contributed by atoms with Gasteiger partial charge in [0.2, 0.25) is 5.91 Å². The van der Waals surface area contributed by atoms with Crippen LogP contribution in [-0.4, -0.2) is 46.6 Å². The molecule has 0 aromatic carbocycles. The van der Waals surface area contributed by atoms with E-state index in [0.717, 1.165) is 31.4 Å². The minimum atomic E-state index is -1.10. The fraction of sp³-hybridized carbons (Fsp3) is 0.636. The molecule has 0 bridgehead atoms. The molecule has 1 aliphatic carbocycles. The Hall–Kier alpha value is -2.68. The molecule has 1 heterocycles. The van der Waals surface area contributed by atoms with Gasteiger partial charge in [-0.25, -0.2) is 9.59 Å². The second kappa shape index (κ2) is 13.6. The molecule has 0 spiro atoms. The number of rotatable bonds is 12. The Morgan fingerprint density at radius 1 is 1.10 bits per heavy atom. The van der Waals surface area contributed by atoms with Crippen molar-refractivity contribution >= 4 is 17.9 Å². The van der Waals surface area contributed by atoms with E-state index in [2.05, 4.69) is 20.9 Å². The Kier molecular flexibility index (Phi) is 10.8. The molecule has 31 heavy (non-hydrogen) atoms. The number of unbranched alkanes of at least 4 members (excludes halogenated alkanes) is 1. The number of urea groups is 1. The van der Waals surface area contributed by atoms with Gasteiger partial charge in [-0.1, -0.05) is 38.2 Å². The highest BCUT2D eigenvalue weighted by Gasteiger charge is 2.27. The second-order valence-corrected chi connectivity index (χ2v) is 8.12. The van der Waals surface area contributed by atoms with Crippen molar-refractivity contribution in [2.24, 2.45) is 11.7 Å². The number of carbonyl (C=O) groups excluding carboxylic acids is 2. The van der Waals surface area contributed by atoms with Crippen LogP contribution in [0.4, 0.5) is 4.79 Å². The number of amides is 3. The first-order valence-corrected chi connectivity index (χ1v) is 11.2. The number of nitrogens with zero attached hydrogens (tertiary/aromatic N) is 1. The van der Waals surface area contributed by atoms with Crippen LogP contribution in [0.5, 0.6) is 0 Å². The number of hydrogen-bond donors (Lipinski definition) is 5. The molecule has 1 unspecified atom stereocenters. The number of hydrogen-bond acceptors (Lipinski definition) is 5. The predicted molar refractivity (Wildman–Crippen MR) is 117 cm³/mol. The van der Waals surface area contributed by atoms with Gasteiger partial charge in [-0.05, 0) is 50.3 Å². The van der Waals surface area contributed by atoms with Crippen LogP contribution in [0.15, 0.2) is 24.4 Å². The van der Waals surface area contributed by atoms with Crippen molar-refractivity contribution in [1.29, 1.82) is 0 Å². The van der Waals surface area contributed by atoms with Crippen molar-refractivity contribution in [3.05, 3.63) is 30.1 Å². The minimum Gasteiger partial charge on any atom is -0.480 e. The monoisotopic (exact) mass is 433 g/mol. The van der Waals surface area contributed by atoms with Gasteiger partial charge in [0, 0.05) is 6.20 Å². The Morgan fingerprint density at radius 2 is 1.84 bits per heavy atom. The van der Waals surface area contributed by atoms with E-state index >= 15 is 0 Å². The lowest BCUT2D eigenvalue weighted by Crippen LogP contribution is -2.53. The van der Waals surface area contributed by atoms with E-state index in [1.54, 1.807) is 12.3 Å². The number of nitrogens with two attached hydrogens (primary N) is 1. The van der Waals surface area contributed by atoms with Crippen LogP contribution in [0, 0.1) is 5.92 Å². The number of carbonyl (C=O) groups is 3. The number of aliphatic carboxylic acids is 1. The van der Waals surface area contributed by atoms with Crippen molar-refractivity contribution in [2.45, 2.75) is 76.4 Å². The molecular weight excluding hydrogens is 398 g/mol. The first-order chi connectivity index (χ1) is 15.0. The Bertz CT molecular complexity index is 694. The van der Waals surface area contributed by atoms with Crippen molar-refractivity contribution in [1.82, 2.24) is 20.9 Å². The lowest BCUT2D eigenvalue weighted by Gasteiger charge is -2.27. The molecule has 1 aromatic rings. The average Bonchev–Trinajstić information content (AvgIpc) is 2.77. The molecule has 172 valence electrons. The number of aromatic nitrogens is 1. The summed E-state index contributed by atoms with van der Waals surface area (Å²) in [6, 6.07) is 3.07. The van der Waals surface area contributed by atoms with Crippen molar-refractivity contribution in [2.75, 3.05) is 6.54 Å². The van der Waals surface area contributed by atoms with Gasteiger partial charge in [0.1, 0.15) is 12.1 Å². The van der Waals surface area contributed by atoms with Crippen LogP contribution in [0.25, 0.3) is 0 Å². The van der Waals surface area contributed by atoms with E-state index in [0.29, 0.717) is 38.1 Å². The van der Waals surface area contributed by atoms with E-state index in [1.165, 1.54) is 6.42 Å². The molecule has 6 N–H and O–H groups in total. The highest BCUT2D eigenvalue weighted by atomic mass is 16.4. The maximum atomic E-state index is 12.8. The Labute approximate surface area is 183 Å². The molecule has 2 atom stereocenters. The number of carboxylic acids is 1. The zero-order chi connectivity index (χ0) is 22.5. The lowest BCUT2D eigenvalue weighted by atomic mass is 9.84. The smallest absolute Gasteiger partial charge is 0.326 e. The third-order valence-electron chi connectivity index (χ3n) is 5.64. The normalized spacial score (nSPS) is 16.2. The van der Waals surface area contributed by atoms with Gasteiger partial charge >= 0.3 is 12.0 Å². The molecule has 9 nitrogen and oxygen atoms in total. The molecule has 1 aromatic heterocycles. The first kappa shape index (κ1) is 24.6. The fourth-order valence-electron chi connectivity index (χ4n) is 3.90. The maximum absolute atomic E-state index is 12.8. The minimum absolute atomic E-state index is 0.265. The van der Waals surface area contributed by atoms with Gasteiger partial charge in [-0.15, -0.1) is 0 Å². The fourth-order valence-corrected chi connectivity index (χ4v) is 3.90. The van der Waals surface area contributed by atoms with E-state index in [4.69, 9.17) is 5.73 Å². The SMILES string of the molecule is NCCCCC(NC(=O)N[C@H](CC1CCCCC1)C(=O)NCc1ccccn1)C(=O)O. The molecule has 0 saturated heterocycles. The van der Waals surface area contributed by atoms with E-state index < -0.39 is 24.1 Å². The Morgan fingerprint density at radius 3 is 2.48 bits per heavy atom. The topological polar surface area (TPSA) is 146 Å². The molecule has 1 fully saturated rings. The summed E-state index contributed by atoms with van der Waals surface area (Å²) in [6.07, 6.45) is 9.28. The van der Waals surface area contributed by atoms with Gasteiger partial charge in [-0.3, -0.25) is 9.78 Å². The predicted octanol–water partition coefficient (Wildman–Crippen LogP) is 1.92. The molecule has 0 radical (unpaired) electrons. The van der Waals surface area contributed by atoms with Crippen LogP contribution in [-0.2, 0) is 16.1 Å². The molecule has 1 aliphatic rings. The highest BCUT2D eigenvalue weighted by molar-refractivity contribution is 5.88. The zero-order valence-electron chi connectivity index (χ0n) is 18.0. The van der Waals surface area contributed by atoms with Gasteiger partial charge < -0.3 is 26.8 Å². The van der Waals surface area contributed by atoms with E-state index in [1.807, 2.05) is 12.1 Å². The van der Waals surface area contributed by atoms with E-state index in [-0.39, 0.29) is 12.5 Å². The van der Waals surface area contributed by atoms with Crippen molar-refractivity contribution in [3.8, 4) is 0 Å². The first-order valence-electron chi connectivity index (χ1n) is 11.2. The molecule has 3 amide bonds. The third-order valence-corrected chi connectivity index (χ3v) is 5.64. The summed E-state index contributed by atoms with van der Waals surface area (Å²) < 4.78 is 0. The van der Waals surface area contributed by atoms with Crippen LogP contribution in [0.3, 0.4) is 0 Å². The molecule has 9 heteroatoms. The number of carboxylic acid groups (broad SMARTS) is 1. The highest BCUT2D eigenvalue weighted by Crippen LogP contribution is 2.27. The third kappa shape index (κ3) is 9.33. The summed E-state index contributed by atoms with van der Waals surface area (Å²) in [5, 5.41) is 17.4. The lowest BCUT2D eigenvalue weighted by molar-refractivity contribution is -0.139. The maximum Gasteiger partial charge on any atom is 0.326 e. The largest absolute Gasteiger partial charge is 0.480 e. The van der Waals surface area contributed by atoms with Gasteiger partial charge in [0.25, 0.3) is 0 Å². The van der Waals surface area contributed by atoms with Crippen LogP contribution in [0.2, 0.25) is 0 Å². The average molecular weight is 434 g/mol. The molecule has 2 rings (SSSR count). The van der Waals surface area contributed by atoms with Gasteiger partial charge in [-0.2, -0.15) is 0 Å². The molecule has 1 saturated carbocycles. The summed E-state index contributed by atoms with van der Waals surface area (Å²) in [6.45, 7) is 0.736. The van der Waals surface area contributed by atoms with Crippen LogP contribution in [0.1, 0.15) is 63.5 Å². The van der Waals surface area contributed by atoms with E-state index in [9.17, 15) is 19.5 Å². The molecular formula is C22H35N5O4. The number of nitrogens with one attached hydrogen (secondary N) is 3. The summed E-state index contributed by atoms with van der Waals surface area (Å²) in [4.78, 5) is 41.0. The standard InChI is InChI=1S/C22H35N5O4/c23-12-6-4-11-18(21(29)30)26-22(31)27-19(14-16-8-2-1-3-9-16)20(28)25-15-17-10-5-7-13-24-17/h5,7,10,13,16,18-19H,1-4,6,8-9,11-12,14-15,23H2,(H,25,28)(H,29,30)(H2,26,27,31)/t18?,19-/m1/s1. The summed E-state index contributed by atoms with van der Waals surface area (Å²) in [5.74, 6) is -1.03. The van der Waals surface area contributed by atoms with Gasteiger partial charge in [0.05, 0.1) is 12.2 Å². The van der Waals surface area contributed by atoms with Crippen molar-refractivity contribution < 1.29 is 19.5 Å². The molecule has 0 aliphatic heterocycles. The van der Waals surface area contributed by atoms with Crippen LogP contribution >= 0.6 is 0 Å². The summed E-state index contributed by atoms with van der Waals surface area (Å²) >= 11 is 0.